The fraction of sp³-hybridized carbons (Fsp3) is 0.333. The number of fused-ring (bicyclic) bond motifs is 1. The van der Waals surface area contributed by atoms with E-state index in [9.17, 15) is 0 Å². The Labute approximate surface area is 79.0 Å². The van der Waals surface area contributed by atoms with Crippen LogP contribution in [0.4, 0.5) is 0 Å². The van der Waals surface area contributed by atoms with Crippen LogP contribution in [0.1, 0.15) is 30.9 Å². The van der Waals surface area contributed by atoms with Gasteiger partial charge in [0.25, 0.3) is 0 Å². The highest BCUT2D eigenvalue weighted by molar-refractivity contribution is 5.52. The second kappa shape index (κ2) is 2.91. The molecule has 0 aliphatic rings. The summed E-state index contributed by atoms with van der Waals surface area (Å²) in [6.07, 6.45) is 4.33. The molecule has 68 valence electrons. The van der Waals surface area contributed by atoms with Gasteiger partial charge in [0.15, 0.2) is 0 Å². The molecular formula is C12H15N. The summed E-state index contributed by atoms with van der Waals surface area (Å²) in [5, 5.41) is 0. The van der Waals surface area contributed by atoms with Crippen LogP contribution in [0.3, 0.4) is 0 Å². The molecule has 0 aliphatic heterocycles. The Hall–Kier alpha value is -1.24. The number of aryl methyl sites for hydroxylation is 1. The largest absolute Gasteiger partial charge is 0.324 e. The van der Waals surface area contributed by atoms with Crippen LogP contribution in [0, 0.1) is 6.92 Å². The first kappa shape index (κ1) is 8.36. The van der Waals surface area contributed by atoms with Crippen molar-refractivity contribution in [2.24, 2.45) is 0 Å². The van der Waals surface area contributed by atoms with E-state index < -0.39 is 0 Å². The molecular weight excluding hydrogens is 158 g/mol. The lowest BCUT2D eigenvalue weighted by Crippen LogP contribution is -1.82. The quantitative estimate of drug-likeness (QED) is 0.622. The molecule has 1 heteroatoms. The van der Waals surface area contributed by atoms with Gasteiger partial charge in [-0.2, -0.15) is 0 Å². The number of nitrogens with zero attached hydrogens (tertiary/aromatic N) is 1. The van der Waals surface area contributed by atoms with Gasteiger partial charge in [-0.15, -0.1) is 0 Å². The Bertz CT molecular complexity index is 424. The second-order valence-electron chi connectivity index (χ2n) is 3.96. The first-order valence-electron chi connectivity index (χ1n) is 4.75. The molecule has 2 heterocycles. The topological polar surface area (TPSA) is 4.41 Å². The van der Waals surface area contributed by atoms with E-state index in [1.54, 1.807) is 0 Å². The Kier molecular flexibility index (Phi) is 1.87. The van der Waals surface area contributed by atoms with Crippen LogP contribution in [0.15, 0.2) is 30.6 Å². The highest BCUT2D eigenvalue weighted by Gasteiger charge is 2.02. The number of aromatic nitrogens is 1. The van der Waals surface area contributed by atoms with Crippen LogP contribution in [0.25, 0.3) is 5.52 Å². The van der Waals surface area contributed by atoms with Crippen molar-refractivity contribution in [2.45, 2.75) is 26.7 Å². The van der Waals surface area contributed by atoms with Gasteiger partial charge < -0.3 is 4.40 Å². The molecule has 0 spiro atoms. The van der Waals surface area contributed by atoms with Crippen molar-refractivity contribution >= 4 is 5.52 Å². The second-order valence-corrected chi connectivity index (χ2v) is 3.96. The molecule has 0 atom stereocenters. The maximum Gasteiger partial charge on any atom is 0.0455 e. The SMILES string of the molecule is Cc1ccn2cc(C(C)C)cc2c1. The van der Waals surface area contributed by atoms with Crippen LogP contribution in [0.2, 0.25) is 0 Å². The molecule has 2 aromatic heterocycles. The van der Waals surface area contributed by atoms with Crippen LogP contribution in [0.5, 0.6) is 0 Å². The van der Waals surface area contributed by atoms with Crippen molar-refractivity contribution in [3.05, 3.63) is 41.7 Å². The third kappa shape index (κ3) is 1.46. The standard InChI is InChI=1S/C12H15N/c1-9(2)11-7-12-6-10(3)4-5-13(12)8-11/h4-9H,1-3H3. The van der Waals surface area contributed by atoms with Gasteiger partial charge in [0.2, 0.25) is 0 Å². The minimum atomic E-state index is 0.611. The van der Waals surface area contributed by atoms with Gasteiger partial charge in [0, 0.05) is 17.9 Å². The monoisotopic (exact) mass is 173 g/mol. The molecule has 2 aromatic rings. The summed E-state index contributed by atoms with van der Waals surface area (Å²) in [6.45, 7) is 6.57. The minimum Gasteiger partial charge on any atom is -0.324 e. The maximum absolute atomic E-state index is 2.26. The average molecular weight is 173 g/mol. The lowest BCUT2D eigenvalue weighted by molar-refractivity contribution is 0.866. The summed E-state index contributed by atoms with van der Waals surface area (Å²) in [4.78, 5) is 0. The van der Waals surface area contributed by atoms with E-state index in [-0.39, 0.29) is 0 Å². The van der Waals surface area contributed by atoms with E-state index in [0.717, 1.165) is 0 Å². The van der Waals surface area contributed by atoms with E-state index >= 15 is 0 Å². The van der Waals surface area contributed by atoms with Crippen LogP contribution in [-0.4, -0.2) is 4.40 Å². The van der Waals surface area contributed by atoms with E-state index in [4.69, 9.17) is 0 Å². The fourth-order valence-corrected chi connectivity index (χ4v) is 1.56. The first-order chi connectivity index (χ1) is 6.16. The first-order valence-corrected chi connectivity index (χ1v) is 4.75. The lowest BCUT2D eigenvalue weighted by Gasteiger charge is -1.96. The highest BCUT2D eigenvalue weighted by atomic mass is 14.8. The van der Waals surface area contributed by atoms with Gasteiger partial charge in [0.05, 0.1) is 0 Å². The van der Waals surface area contributed by atoms with Gasteiger partial charge in [0.1, 0.15) is 0 Å². The van der Waals surface area contributed by atoms with Gasteiger partial charge in [-0.1, -0.05) is 13.8 Å². The zero-order valence-corrected chi connectivity index (χ0v) is 8.41. The van der Waals surface area contributed by atoms with Crippen molar-refractivity contribution in [2.75, 3.05) is 0 Å². The molecule has 1 nitrogen and oxygen atoms in total. The predicted octanol–water partition coefficient (Wildman–Crippen LogP) is 3.37. The molecule has 0 aliphatic carbocycles. The normalized spacial score (nSPS) is 11.4. The molecule has 0 amide bonds. The van der Waals surface area contributed by atoms with Gasteiger partial charge in [-0.25, -0.2) is 0 Å². The molecule has 0 saturated carbocycles. The van der Waals surface area contributed by atoms with Gasteiger partial charge in [-0.3, -0.25) is 0 Å². The van der Waals surface area contributed by atoms with Crippen molar-refractivity contribution in [3.63, 3.8) is 0 Å². The van der Waals surface area contributed by atoms with Crippen LogP contribution < -0.4 is 0 Å². The third-order valence-electron chi connectivity index (χ3n) is 2.44. The van der Waals surface area contributed by atoms with E-state index in [1.165, 1.54) is 16.6 Å². The Morgan fingerprint density at radius 1 is 1.23 bits per heavy atom. The van der Waals surface area contributed by atoms with Crippen molar-refractivity contribution in [1.29, 1.82) is 0 Å². The zero-order chi connectivity index (χ0) is 9.42. The molecule has 0 radical (unpaired) electrons. The number of hydrogen-bond donors (Lipinski definition) is 0. The highest BCUT2D eigenvalue weighted by Crippen LogP contribution is 2.18. The van der Waals surface area contributed by atoms with Crippen molar-refractivity contribution in [1.82, 2.24) is 4.40 Å². The number of rotatable bonds is 1. The summed E-state index contributed by atoms with van der Waals surface area (Å²) >= 11 is 0. The predicted molar refractivity (Wildman–Crippen MR) is 56.2 cm³/mol. The average Bonchev–Trinajstić information content (AvgIpc) is 2.46. The van der Waals surface area contributed by atoms with Crippen molar-refractivity contribution < 1.29 is 0 Å². The van der Waals surface area contributed by atoms with E-state index in [2.05, 4.69) is 55.8 Å². The van der Waals surface area contributed by atoms with E-state index in [0.29, 0.717) is 5.92 Å². The van der Waals surface area contributed by atoms with E-state index in [1.807, 2.05) is 0 Å². The molecule has 0 fully saturated rings. The molecule has 0 saturated heterocycles. The molecule has 0 N–H and O–H groups in total. The Morgan fingerprint density at radius 2 is 2.00 bits per heavy atom. The molecule has 2 rings (SSSR count). The minimum absolute atomic E-state index is 0.611. The van der Waals surface area contributed by atoms with Gasteiger partial charge in [-0.05, 0) is 42.2 Å². The Morgan fingerprint density at radius 3 is 2.69 bits per heavy atom. The smallest absolute Gasteiger partial charge is 0.0455 e. The zero-order valence-electron chi connectivity index (χ0n) is 8.41. The molecule has 0 unspecified atom stereocenters. The third-order valence-corrected chi connectivity index (χ3v) is 2.44. The Balaban J connectivity index is 2.62. The lowest BCUT2D eigenvalue weighted by atomic mass is 10.1. The molecule has 13 heavy (non-hydrogen) atoms. The summed E-state index contributed by atoms with van der Waals surface area (Å²) in [5.74, 6) is 0.611. The summed E-state index contributed by atoms with van der Waals surface area (Å²) in [7, 11) is 0. The number of pyridine rings is 1. The molecule has 0 aromatic carbocycles. The maximum atomic E-state index is 2.26. The summed E-state index contributed by atoms with van der Waals surface area (Å²) in [5.41, 5.74) is 4.02. The van der Waals surface area contributed by atoms with Crippen LogP contribution >= 0.6 is 0 Å². The summed E-state index contributed by atoms with van der Waals surface area (Å²) in [6, 6.07) is 6.61. The van der Waals surface area contributed by atoms with Gasteiger partial charge >= 0.3 is 0 Å². The molecule has 0 bridgehead atoms. The summed E-state index contributed by atoms with van der Waals surface area (Å²) < 4.78 is 2.18. The number of hydrogen-bond acceptors (Lipinski definition) is 0. The van der Waals surface area contributed by atoms with Crippen molar-refractivity contribution in [3.8, 4) is 0 Å². The van der Waals surface area contributed by atoms with Crippen LogP contribution in [-0.2, 0) is 0 Å². The fourth-order valence-electron chi connectivity index (χ4n) is 1.56.